The van der Waals surface area contributed by atoms with Gasteiger partial charge in [-0.3, -0.25) is 0 Å². The van der Waals surface area contributed by atoms with Crippen LogP contribution in [0.3, 0.4) is 0 Å². The second kappa shape index (κ2) is 4.83. The molecular formula is C16H24N2. The van der Waals surface area contributed by atoms with E-state index in [1.54, 1.807) is 0 Å². The molecule has 0 bridgehead atoms. The summed E-state index contributed by atoms with van der Waals surface area (Å²) >= 11 is 0. The second-order valence-electron chi connectivity index (χ2n) is 6.14. The van der Waals surface area contributed by atoms with Crippen LogP contribution in [0.4, 0.5) is 11.4 Å². The molecule has 1 aliphatic heterocycles. The molecule has 0 radical (unpaired) electrons. The molecule has 1 spiro atoms. The van der Waals surface area contributed by atoms with E-state index in [0.717, 1.165) is 5.69 Å². The van der Waals surface area contributed by atoms with Crippen LogP contribution in [-0.2, 0) is 0 Å². The van der Waals surface area contributed by atoms with E-state index in [1.165, 1.54) is 63.7 Å². The highest BCUT2D eigenvalue weighted by molar-refractivity contribution is 5.53. The Morgan fingerprint density at radius 1 is 0.833 bits per heavy atom. The van der Waals surface area contributed by atoms with Gasteiger partial charge in [-0.1, -0.05) is 19.3 Å². The molecule has 3 rings (SSSR count). The van der Waals surface area contributed by atoms with Gasteiger partial charge >= 0.3 is 0 Å². The number of nitrogens with two attached hydrogens (primary N) is 1. The van der Waals surface area contributed by atoms with Gasteiger partial charge in [0, 0.05) is 24.5 Å². The molecule has 1 saturated heterocycles. The summed E-state index contributed by atoms with van der Waals surface area (Å²) in [6, 6.07) is 8.35. The molecule has 1 saturated carbocycles. The first-order valence-corrected chi connectivity index (χ1v) is 7.38. The zero-order valence-corrected chi connectivity index (χ0v) is 11.2. The molecule has 0 atom stereocenters. The van der Waals surface area contributed by atoms with Crippen LogP contribution in [0.5, 0.6) is 0 Å². The number of hydrogen-bond acceptors (Lipinski definition) is 2. The predicted molar refractivity (Wildman–Crippen MR) is 77.8 cm³/mol. The van der Waals surface area contributed by atoms with Crippen LogP contribution < -0.4 is 10.6 Å². The average molecular weight is 244 g/mol. The van der Waals surface area contributed by atoms with E-state index in [1.807, 2.05) is 12.1 Å². The van der Waals surface area contributed by atoms with Gasteiger partial charge in [-0.2, -0.15) is 0 Å². The molecule has 0 aromatic heterocycles. The Morgan fingerprint density at radius 2 is 1.44 bits per heavy atom. The monoisotopic (exact) mass is 244 g/mol. The summed E-state index contributed by atoms with van der Waals surface area (Å²) in [4.78, 5) is 2.53. The topological polar surface area (TPSA) is 29.3 Å². The molecule has 2 N–H and O–H groups in total. The fraction of sp³-hybridized carbons (Fsp3) is 0.625. The molecular weight excluding hydrogens is 220 g/mol. The Morgan fingerprint density at radius 3 is 2.06 bits per heavy atom. The van der Waals surface area contributed by atoms with Crippen molar-refractivity contribution < 1.29 is 0 Å². The molecule has 98 valence electrons. The summed E-state index contributed by atoms with van der Waals surface area (Å²) in [6.07, 6.45) is 10.1. The van der Waals surface area contributed by atoms with Gasteiger partial charge in [-0.15, -0.1) is 0 Å². The molecule has 2 nitrogen and oxygen atoms in total. The lowest BCUT2D eigenvalue weighted by atomic mass is 9.68. The van der Waals surface area contributed by atoms with Crippen molar-refractivity contribution in [2.45, 2.75) is 44.9 Å². The number of benzene rings is 1. The predicted octanol–water partition coefficient (Wildman–Crippen LogP) is 3.82. The van der Waals surface area contributed by atoms with Crippen molar-refractivity contribution in [2.24, 2.45) is 5.41 Å². The zero-order chi connectivity index (χ0) is 12.4. The number of anilines is 2. The van der Waals surface area contributed by atoms with Gasteiger partial charge in [-0.25, -0.2) is 0 Å². The highest BCUT2D eigenvalue weighted by Crippen LogP contribution is 2.45. The van der Waals surface area contributed by atoms with Crippen LogP contribution in [0.15, 0.2) is 24.3 Å². The van der Waals surface area contributed by atoms with Crippen LogP contribution in [0.25, 0.3) is 0 Å². The fourth-order valence-electron chi connectivity index (χ4n) is 3.73. The second-order valence-corrected chi connectivity index (χ2v) is 6.14. The van der Waals surface area contributed by atoms with E-state index in [0.29, 0.717) is 5.41 Å². The van der Waals surface area contributed by atoms with E-state index in [2.05, 4.69) is 17.0 Å². The minimum absolute atomic E-state index is 0.697. The molecule has 1 aliphatic carbocycles. The fourth-order valence-corrected chi connectivity index (χ4v) is 3.73. The molecule has 18 heavy (non-hydrogen) atoms. The lowest BCUT2D eigenvalue weighted by Gasteiger charge is -2.45. The van der Waals surface area contributed by atoms with Gasteiger partial charge in [0.15, 0.2) is 0 Å². The summed E-state index contributed by atoms with van der Waals surface area (Å²) < 4.78 is 0. The lowest BCUT2D eigenvalue weighted by molar-refractivity contribution is 0.144. The molecule has 0 amide bonds. The van der Waals surface area contributed by atoms with Gasteiger partial charge in [0.05, 0.1) is 0 Å². The van der Waals surface area contributed by atoms with Crippen molar-refractivity contribution in [3.63, 3.8) is 0 Å². The highest BCUT2D eigenvalue weighted by Gasteiger charge is 2.35. The molecule has 1 aromatic carbocycles. The molecule has 2 fully saturated rings. The van der Waals surface area contributed by atoms with Crippen molar-refractivity contribution in [1.29, 1.82) is 0 Å². The number of rotatable bonds is 1. The van der Waals surface area contributed by atoms with Crippen molar-refractivity contribution in [2.75, 3.05) is 23.7 Å². The van der Waals surface area contributed by atoms with Crippen LogP contribution in [0, 0.1) is 5.41 Å². The van der Waals surface area contributed by atoms with Gasteiger partial charge in [0.25, 0.3) is 0 Å². The summed E-state index contributed by atoms with van der Waals surface area (Å²) in [6.45, 7) is 2.45. The molecule has 2 heteroatoms. The van der Waals surface area contributed by atoms with Crippen LogP contribution >= 0.6 is 0 Å². The van der Waals surface area contributed by atoms with Gasteiger partial charge in [-0.05, 0) is 55.4 Å². The Labute approximate surface area is 110 Å². The molecule has 1 aromatic rings. The Bertz CT molecular complexity index is 380. The maximum atomic E-state index is 5.75. The normalized spacial score (nSPS) is 23.2. The third-order valence-corrected chi connectivity index (χ3v) is 5.00. The number of nitrogens with zero attached hydrogens (tertiary/aromatic N) is 1. The highest BCUT2D eigenvalue weighted by atomic mass is 15.1. The number of nitrogen functional groups attached to an aromatic ring is 1. The third-order valence-electron chi connectivity index (χ3n) is 5.00. The van der Waals surface area contributed by atoms with Crippen LogP contribution in [0.2, 0.25) is 0 Å². The van der Waals surface area contributed by atoms with Crippen molar-refractivity contribution >= 4 is 11.4 Å². The maximum absolute atomic E-state index is 5.75. The smallest absolute Gasteiger partial charge is 0.0367 e. The van der Waals surface area contributed by atoms with Gasteiger partial charge in [0.1, 0.15) is 0 Å². The summed E-state index contributed by atoms with van der Waals surface area (Å²) in [5.74, 6) is 0. The Hall–Kier alpha value is -1.18. The summed E-state index contributed by atoms with van der Waals surface area (Å²) in [5.41, 5.74) is 8.65. The molecule has 1 heterocycles. The zero-order valence-electron chi connectivity index (χ0n) is 11.2. The molecule has 0 unspecified atom stereocenters. The number of piperidine rings is 1. The first-order chi connectivity index (χ1) is 8.77. The van der Waals surface area contributed by atoms with E-state index in [4.69, 9.17) is 5.73 Å². The lowest BCUT2D eigenvalue weighted by Crippen LogP contribution is -2.41. The first kappa shape index (κ1) is 11.9. The van der Waals surface area contributed by atoms with Crippen molar-refractivity contribution in [3.05, 3.63) is 24.3 Å². The van der Waals surface area contributed by atoms with Crippen LogP contribution in [0.1, 0.15) is 44.9 Å². The Kier molecular flexibility index (Phi) is 3.19. The Balaban J connectivity index is 1.64. The maximum Gasteiger partial charge on any atom is 0.0367 e. The summed E-state index contributed by atoms with van der Waals surface area (Å²) in [5, 5.41) is 0. The third kappa shape index (κ3) is 2.33. The van der Waals surface area contributed by atoms with Crippen LogP contribution in [-0.4, -0.2) is 13.1 Å². The quantitative estimate of drug-likeness (QED) is 0.761. The van der Waals surface area contributed by atoms with Gasteiger partial charge < -0.3 is 10.6 Å². The first-order valence-electron chi connectivity index (χ1n) is 7.38. The van der Waals surface area contributed by atoms with Crippen molar-refractivity contribution in [3.8, 4) is 0 Å². The summed E-state index contributed by atoms with van der Waals surface area (Å²) in [7, 11) is 0. The number of hydrogen-bond donors (Lipinski definition) is 1. The minimum Gasteiger partial charge on any atom is -0.399 e. The largest absolute Gasteiger partial charge is 0.399 e. The minimum atomic E-state index is 0.697. The van der Waals surface area contributed by atoms with E-state index in [9.17, 15) is 0 Å². The van der Waals surface area contributed by atoms with Crippen molar-refractivity contribution in [1.82, 2.24) is 0 Å². The average Bonchev–Trinajstić information content (AvgIpc) is 2.42. The van der Waals surface area contributed by atoms with Gasteiger partial charge in [0.2, 0.25) is 0 Å². The standard InChI is InChI=1S/C16H24N2/c17-14-4-6-15(7-5-14)18-12-10-16(11-13-18)8-2-1-3-9-16/h4-7H,1-3,8-13,17H2. The van der Waals surface area contributed by atoms with E-state index >= 15 is 0 Å². The van der Waals surface area contributed by atoms with E-state index < -0.39 is 0 Å². The van der Waals surface area contributed by atoms with E-state index in [-0.39, 0.29) is 0 Å². The molecule has 2 aliphatic rings. The SMILES string of the molecule is Nc1ccc(N2CCC3(CCCCC3)CC2)cc1.